The van der Waals surface area contributed by atoms with Crippen molar-refractivity contribution in [3.63, 3.8) is 0 Å². The Morgan fingerprint density at radius 3 is 2.43 bits per heavy atom. The number of aromatic nitrogens is 2. The number of rotatable bonds is 10. The fourth-order valence-electron chi connectivity index (χ4n) is 5.81. The Balaban J connectivity index is 1.72. The number of carbonyl (C=O) groups is 1. The number of ether oxygens (including phenoxy) is 1. The van der Waals surface area contributed by atoms with Crippen molar-refractivity contribution in [3.8, 4) is 0 Å². The molecule has 1 aromatic carbocycles. The second kappa shape index (κ2) is 12.2. The van der Waals surface area contributed by atoms with Gasteiger partial charge in [-0.15, -0.1) is 0 Å². The van der Waals surface area contributed by atoms with Crippen molar-refractivity contribution in [3.05, 3.63) is 38.8 Å². The van der Waals surface area contributed by atoms with Crippen LogP contribution in [0.4, 0.5) is 10.1 Å². The van der Waals surface area contributed by atoms with Crippen molar-refractivity contribution in [2.75, 3.05) is 25.0 Å². The molecule has 0 unspecified atom stereocenters. The quantitative estimate of drug-likeness (QED) is 0.470. The van der Waals surface area contributed by atoms with Crippen LogP contribution in [-0.4, -0.2) is 51.8 Å². The van der Waals surface area contributed by atoms with Gasteiger partial charge in [0, 0.05) is 31.2 Å². The topological polar surface area (TPSA) is 85.6 Å². The summed E-state index contributed by atoms with van der Waals surface area (Å²) in [7, 11) is 0. The zero-order chi connectivity index (χ0) is 26.5. The molecular weight excluding hydrogens is 475 g/mol. The van der Waals surface area contributed by atoms with E-state index in [4.69, 9.17) is 4.74 Å². The molecule has 0 atom stereocenters. The van der Waals surface area contributed by atoms with Crippen LogP contribution in [0.1, 0.15) is 84.6 Å². The lowest BCUT2D eigenvalue weighted by Crippen LogP contribution is -2.45. The summed E-state index contributed by atoms with van der Waals surface area (Å²) in [6.45, 7) is 6.48. The van der Waals surface area contributed by atoms with Crippen molar-refractivity contribution in [1.82, 2.24) is 14.0 Å². The number of halogens is 1. The smallest absolute Gasteiger partial charge is 0.331 e. The predicted molar refractivity (Wildman–Crippen MR) is 144 cm³/mol. The van der Waals surface area contributed by atoms with Crippen LogP contribution < -0.4 is 16.6 Å². The summed E-state index contributed by atoms with van der Waals surface area (Å²) in [5.74, 6) is -0.810. The summed E-state index contributed by atoms with van der Waals surface area (Å²) in [6.07, 6.45) is 9.18. The average molecular weight is 517 g/mol. The van der Waals surface area contributed by atoms with Gasteiger partial charge in [0.1, 0.15) is 5.82 Å². The van der Waals surface area contributed by atoms with Gasteiger partial charge >= 0.3 is 11.7 Å². The summed E-state index contributed by atoms with van der Waals surface area (Å²) >= 11 is 0. The summed E-state index contributed by atoms with van der Waals surface area (Å²) in [6, 6.07) is 3.17. The SMILES string of the molecule is CCOC(=O)CN(CCn1c(=O)c2cc(F)c(NC3CCCCC3)cc2n(C2CCCC2)c1=O)C(C)C. The minimum absolute atomic E-state index is 0.0171. The summed E-state index contributed by atoms with van der Waals surface area (Å²) in [4.78, 5) is 41.3. The van der Waals surface area contributed by atoms with Crippen LogP contribution in [-0.2, 0) is 16.1 Å². The maximum Gasteiger partial charge on any atom is 0.331 e. The second-order valence-electron chi connectivity index (χ2n) is 10.7. The molecule has 204 valence electrons. The number of anilines is 1. The minimum Gasteiger partial charge on any atom is -0.465 e. The van der Waals surface area contributed by atoms with E-state index in [1.54, 1.807) is 17.6 Å². The van der Waals surface area contributed by atoms with Gasteiger partial charge in [-0.05, 0) is 58.6 Å². The molecule has 2 fully saturated rings. The molecule has 0 aliphatic heterocycles. The third kappa shape index (κ3) is 6.25. The molecule has 2 aromatic rings. The first-order chi connectivity index (χ1) is 17.8. The van der Waals surface area contributed by atoms with Crippen LogP contribution in [0.25, 0.3) is 10.9 Å². The lowest BCUT2D eigenvalue weighted by molar-refractivity contribution is -0.144. The van der Waals surface area contributed by atoms with E-state index in [9.17, 15) is 14.4 Å². The van der Waals surface area contributed by atoms with E-state index in [-0.39, 0.29) is 48.3 Å². The molecule has 2 aliphatic rings. The van der Waals surface area contributed by atoms with Gasteiger partial charge in [-0.1, -0.05) is 32.1 Å². The van der Waals surface area contributed by atoms with Gasteiger partial charge < -0.3 is 10.1 Å². The second-order valence-corrected chi connectivity index (χ2v) is 10.7. The first-order valence-electron chi connectivity index (χ1n) is 13.9. The number of hydrogen-bond acceptors (Lipinski definition) is 6. The number of nitrogens with one attached hydrogen (secondary N) is 1. The lowest BCUT2D eigenvalue weighted by atomic mass is 9.95. The Labute approximate surface area is 217 Å². The monoisotopic (exact) mass is 516 g/mol. The number of carbonyl (C=O) groups excluding carboxylic acids is 1. The van der Waals surface area contributed by atoms with Crippen LogP contribution >= 0.6 is 0 Å². The maximum absolute atomic E-state index is 15.3. The van der Waals surface area contributed by atoms with E-state index in [2.05, 4.69) is 5.32 Å². The molecular formula is C28H41FN4O4. The maximum atomic E-state index is 15.3. The normalized spacial score (nSPS) is 17.2. The molecule has 0 radical (unpaired) electrons. The first-order valence-corrected chi connectivity index (χ1v) is 13.9. The zero-order valence-electron chi connectivity index (χ0n) is 22.4. The highest BCUT2D eigenvalue weighted by molar-refractivity contribution is 5.82. The van der Waals surface area contributed by atoms with Crippen LogP contribution in [0, 0.1) is 5.82 Å². The van der Waals surface area contributed by atoms with Gasteiger partial charge in [-0.3, -0.25) is 23.6 Å². The standard InChI is InChI=1S/C28H41FN4O4/c1-4-37-26(34)18-31(19(2)3)14-15-32-27(35)22-16-23(29)24(30-20-10-6-5-7-11-20)17-25(22)33(28(32)36)21-12-8-9-13-21/h16-17,19-21,30H,4-15,18H2,1-3H3. The van der Waals surface area contributed by atoms with E-state index in [0.29, 0.717) is 24.4 Å². The molecule has 9 heteroatoms. The van der Waals surface area contributed by atoms with Gasteiger partial charge in [0.2, 0.25) is 0 Å². The van der Waals surface area contributed by atoms with Crippen molar-refractivity contribution in [2.24, 2.45) is 0 Å². The Bertz CT molecular complexity index is 1210. The first kappa shape index (κ1) is 27.4. The largest absolute Gasteiger partial charge is 0.465 e. The number of nitrogens with zero attached hydrogens (tertiary/aromatic N) is 3. The molecule has 2 aliphatic carbocycles. The highest BCUT2D eigenvalue weighted by Crippen LogP contribution is 2.32. The van der Waals surface area contributed by atoms with Crippen LogP contribution in [0.5, 0.6) is 0 Å². The van der Waals surface area contributed by atoms with Crippen molar-refractivity contribution < 1.29 is 13.9 Å². The molecule has 2 saturated carbocycles. The third-order valence-corrected chi connectivity index (χ3v) is 7.89. The summed E-state index contributed by atoms with van der Waals surface area (Å²) < 4.78 is 23.3. The van der Waals surface area contributed by atoms with Crippen molar-refractivity contribution in [2.45, 2.75) is 103 Å². The third-order valence-electron chi connectivity index (χ3n) is 7.89. The fourth-order valence-corrected chi connectivity index (χ4v) is 5.81. The van der Waals surface area contributed by atoms with Crippen molar-refractivity contribution in [1.29, 1.82) is 0 Å². The Morgan fingerprint density at radius 1 is 1.11 bits per heavy atom. The molecule has 0 spiro atoms. The molecule has 1 N–H and O–H groups in total. The van der Waals surface area contributed by atoms with Crippen molar-refractivity contribution >= 4 is 22.6 Å². The van der Waals surface area contributed by atoms with Gasteiger partial charge in [0.05, 0.1) is 29.7 Å². The number of benzene rings is 1. The van der Waals surface area contributed by atoms with Crippen LogP contribution in [0.15, 0.2) is 21.7 Å². The minimum atomic E-state index is -0.489. The summed E-state index contributed by atoms with van der Waals surface area (Å²) in [5.41, 5.74) is 0.0184. The highest BCUT2D eigenvalue weighted by Gasteiger charge is 2.25. The molecule has 1 heterocycles. The van der Waals surface area contributed by atoms with Crippen LogP contribution in [0.2, 0.25) is 0 Å². The molecule has 0 amide bonds. The fraction of sp³-hybridized carbons (Fsp3) is 0.679. The van der Waals surface area contributed by atoms with E-state index >= 15 is 4.39 Å². The Kier molecular flexibility index (Phi) is 9.05. The lowest BCUT2D eigenvalue weighted by Gasteiger charge is -2.26. The van der Waals surface area contributed by atoms with Gasteiger partial charge in [0.25, 0.3) is 5.56 Å². The highest BCUT2D eigenvalue weighted by atomic mass is 19.1. The molecule has 0 saturated heterocycles. The predicted octanol–water partition coefficient (Wildman–Crippen LogP) is 4.44. The van der Waals surface area contributed by atoms with E-state index in [1.807, 2.05) is 18.7 Å². The molecule has 1 aromatic heterocycles. The van der Waals surface area contributed by atoms with E-state index in [0.717, 1.165) is 51.4 Å². The zero-order valence-corrected chi connectivity index (χ0v) is 22.4. The van der Waals surface area contributed by atoms with Gasteiger partial charge in [-0.2, -0.15) is 0 Å². The van der Waals surface area contributed by atoms with Gasteiger partial charge in [-0.25, -0.2) is 9.18 Å². The number of fused-ring (bicyclic) bond motifs is 1. The van der Waals surface area contributed by atoms with E-state index in [1.165, 1.54) is 17.1 Å². The molecule has 4 rings (SSSR count). The molecule has 37 heavy (non-hydrogen) atoms. The van der Waals surface area contributed by atoms with Crippen LogP contribution in [0.3, 0.4) is 0 Å². The Morgan fingerprint density at radius 2 is 1.78 bits per heavy atom. The van der Waals surface area contributed by atoms with Gasteiger partial charge in [0.15, 0.2) is 0 Å². The molecule has 8 nitrogen and oxygen atoms in total. The Hall–Kier alpha value is -2.68. The molecule has 0 bridgehead atoms. The van der Waals surface area contributed by atoms with E-state index < -0.39 is 11.4 Å². The number of hydrogen-bond donors (Lipinski definition) is 1. The average Bonchev–Trinajstić information content (AvgIpc) is 3.39. The number of esters is 1. The summed E-state index contributed by atoms with van der Waals surface area (Å²) in [5, 5.41) is 3.57.